The molecular formula is C32H45N3O4. The molecule has 2 aliphatic heterocycles. The molecule has 2 heterocycles. The number of benzene rings is 2. The second-order valence-corrected chi connectivity index (χ2v) is 10.7. The van der Waals surface area contributed by atoms with Gasteiger partial charge < -0.3 is 19.3 Å². The molecule has 2 amide bonds. The molecule has 0 spiro atoms. The highest BCUT2D eigenvalue weighted by atomic mass is 16.5. The van der Waals surface area contributed by atoms with Gasteiger partial charge in [0, 0.05) is 44.5 Å². The van der Waals surface area contributed by atoms with Gasteiger partial charge in [0.1, 0.15) is 19.0 Å². The molecule has 2 aromatic carbocycles. The van der Waals surface area contributed by atoms with Crippen molar-refractivity contribution in [2.24, 2.45) is 0 Å². The number of hydrogen-bond acceptors (Lipinski definition) is 5. The van der Waals surface area contributed by atoms with Gasteiger partial charge in [0.05, 0.1) is 0 Å². The van der Waals surface area contributed by atoms with Crippen LogP contribution in [0.3, 0.4) is 0 Å². The Morgan fingerprint density at radius 3 is 2.15 bits per heavy atom. The van der Waals surface area contributed by atoms with Crippen LogP contribution in [0.15, 0.2) is 48.5 Å². The fraction of sp³-hybridized carbons (Fsp3) is 0.562. The fourth-order valence-electron chi connectivity index (χ4n) is 5.58. The summed E-state index contributed by atoms with van der Waals surface area (Å²) in [5.41, 5.74) is 2.51. The first-order valence-electron chi connectivity index (χ1n) is 14.8. The lowest BCUT2D eigenvalue weighted by Gasteiger charge is -2.28. The van der Waals surface area contributed by atoms with Crippen molar-refractivity contribution in [3.05, 3.63) is 59.7 Å². The van der Waals surface area contributed by atoms with Gasteiger partial charge in [-0.3, -0.25) is 14.5 Å². The Labute approximate surface area is 234 Å². The molecule has 1 saturated heterocycles. The van der Waals surface area contributed by atoms with Gasteiger partial charge in [-0.05, 0) is 74.7 Å². The van der Waals surface area contributed by atoms with E-state index >= 15 is 0 Å². The Bertz CT molecular complexity index is 1040. The fourth-order valence-corrected chi connectivity index (χ4v) is 5.58. The number of nitrogens with zero attached hydrogens (tertiary/aromatic N) is 3. The maximum Gasteiger partial charge on any atom is 0.254 e. The van der Waals surface area contributed by atoms with E-state index in [1.165, 1.54) is 19.3 Å². The van der Waals surface area contributed by atoms with Gasteiger partial charge in [-0.15, -0.1) is 0 Å². The number of para-hydroxylation sites is 1. The Kier molecular flexibility index (Phi) is 11.7. The summed E-state index contributed by atoms with van der Waals surface area (Å²) in [5, 5.41) is 0. The van der Waals surface area contributed by atoms with E-state index < -0.39 is 0 Å². The number of ether oxygens (including phenoxy) is 2. The molecule has 2 aromatic rings. The van der Waals surface area contributed by atoms with Gasteiger partial charge in [-0.25, -0.2) is 0 Å². The van der Waals surface area contributed by atoms with E-state index in [0.29, 0.717) is 31.8 Å². The summed E-state index contributed by atoms with van der Waals surface area (Å²) >= 11 is 0. The van der Waals surface area contributed by atoms with E-state index in [9.17, 15) is 9.59 Å². The summed E-state index contributed by atoms with van der Waals surface area (Å²) in [7, 11) is 1.55. The van der Waals surface area contributed by atoms with Crippen molar-refractivity contribution in [3.63, 3.8) is 0 Å². The molecule has 0 N–H and O–H groups in total. The molecule has 4 rings (SSSR count). The van der Waals surface area contributed by atoms with Crippen molar-refractivity contribution in [3.8, 4) is 5.75 Å². The van der Waals surface area contributed by atoms with Crippen molar-refractivity contribution < 1.29 is 19.1 Å². The number of likely N-dealkylation sites (tertiary alicyclic amines) is 1. The van der Waals surface area contributed by atoms with Crippen molar-refractivity contribution in [1.82, 2.24) is 9.80 Å². The average Bonchev–Trinajstić information content (AvgIpc) is 2.98. The number of rotatable bonds is 7. The third-order valence-corrected chi connectivity index (χ3v) is 7.79. The molecule has 0 bridgehead atoms. The highest BCUT2D eigenvalue weighted by Gasteiger charge is 2.22. The molecule has 0 saturated carbocycles. The summed E-state index contributed by atoms with van der Waals surface area (Å²) in [6, 6.07) is 15.5. The summed E-state index contributed by atoms with van der Waals surface area (Å²) in [5.74, 6) is 0.758. The first kappa shape index (κ1) is 29.1. The number of piperidine rings is 1. The third-order valence-electron chi connectivity index (χ3n) is 7.79. The highest BCUT2D eigenvalue weighted by molar-refractivity contribution is 5.96. The SMILES string of the molecule is COCC(=O)N1CCCCCCCCN(C(=O)c2ccc(OCCN3CCCCC3)cc2)Cc2ccccc21. The number of anilines is 1. The molecule has 0 aromatic heterocycles. The second-order valence-electron chi connectivity index (χ2n) is 10.7. The minimum Gasteiger partial charge on any atom is -0.492 e. The maximum absolute atomic E-state index is 13.7. The molecule has 0 unspecified atom stereocenters. The number of methoxy groups -OCH3 is 1. The predicted molar refractivity (Wildman–Crippen MR) is 155 cm³/mol. The number of carbonyl (C=O) groups is 2. The van der Waals surface area contributed by atoms with Gasteiger partial charge in [0.2, 0.25) is 0 Å². The maximum atomic E-state index is 13.7. The first-order chi connectivity index (χ1) is 19.2. The van der Waals surface area contributed by atoms with Crippen LogP contribution in [0.4, 0.5) is 5.69 Å². The topological polar surface area (TPSA) is 62.3 Å². The number of fused-ring (bicyclic) bond motifs is 1. The number of hydrogen-bond donors (Lipinski definition) is 0. The molecule has 7 heteroatoms. The van der Waals surface area contributed by atoms with E-state index in [1.54, 1.807) is 7.11 Å². The molecular weight excluding hydrogens is 490 g/mol. The largest absolute Gasteiger partial charge is 0.492 e. The second kappa shape index (κ2) is 15.6. The Hall–Kier alpha value is -2.90. The summed E-state index contributed by atoms with van der Waals surface area (Å²) in [4.78, 5) is 32.9. The lowest BCUT2D eigenvalue weighted by Crippen LogP contribution is -2.37. The minimum atomic E-state index is -0.0476. The first-order valence-corrected chi connectivity index (χ1v) is 14.8. The molecule has 7 nitrogen and oxygen atoms in total. The van der Waals surface area contributed by atoms with Crippen LogP contribution in [0.1, 0.15) is 73.7 Å². The molecule has 0 atom stereocenters. The van der Waals surface area contributed by atoms with Gasteiger partial charge in [-0.1, -0.05) is 50.3 Å². The van der Waals surface area contributed by atoms with E-state index in [1.807, 2.05) is 58.3 Å². The van der Waals surface area contributed by atoms with Gasteiger partial charge >= 0.3 is 0 Å². The average molecular weight is 536 g/mol. The Balaban J connectivity index is 1.46. The summed E-state index contributed by atoms with van der Waals surface area (Å²) < 4.78 is 11.2. The third kappa shape index (κ3) is 8.80. The van der Waals surface area contributed by atoms with E-state index in [4.69, 9.17) is 9.47 Å². The van der Waals surface area contributed by atoms with Crippen LogP contribution in [-0.2, 0) is 16.1 Å². The van der Waals surface area contributed by atoms with Crippen LogP contribution in [0.2, 0.25) is 0 Å². The van der Waals surface area contributed by atoms with Crippen molar-refractivity contribution in [2.75, 3.05) is 57.9 Å². The Morgan fingerprint density at radius 2 is 1.41 bits per heavy atom. The minimum absolute atomic E-state index is 0.00862. The number of carbonyl (C=O) groups excluding carboxylic acids is 2. The zero-order valence-electron chi connectivity index (χ0n) is 23.6. The quantitative estimate of drug-likeness (QED) is 0.467. The van der Waals surface area contributed by atoms with Crippen LogP contribution >= 0.6 is 0 Å². The van der Waals surface area contributed by atoms with Crippen LogP contribution in [0.25, 0.3) is 0 Å². The van der Waals surface area contributed by atoms with Crippen molar-refractivity contribution >= 4 is 17.5 Å². The van der Waals surface area contributed by atoms with Gasteiger partial charge in [0.15, 0.2) is 0 Å². The van der Waals surface area contributed by atoms with Gasteiger partial charge in [-0.2, -0.15) is 0 Å². The van der Waals surface area contributed by atoms with Crippen molar-refractivity contribution in [1.29, 1.82) is 0 Å². The highest BCUT2D eigenvalue weighted by Crippen LogP contribution is 2.25. The molecule has 1 fully saturated rings. The zero-order chi connectivity index (χ0) is 27.3. The van der Waals surface area contributed by atoms with E-state index in [2.05, 4.69) is 4.90 Å². The standard InChI is InChI=1S/C32H45N3O4/c1-38-26-31(36)35-22-12-5-3-2-4-11-21-34(25-28-13-7-8-14-30(28)35)32(37)27-15-17-29(18-16-27)39-24-23-33-19-9-6-10-20-33/h7-8,13-18H,2-6,9-12,19-26H2,1H3. The molecule has 0 radical (unpaired) electrons. The lowest BCUT2D eigenvalue weighted by atomic mass is 10.1. The van der Waals surface area contributed by atoms with E-state index in [-0.39, 0.29) is 18.4 Å². The Morgan fingerprint density at radius 1 is 0.769 bits per heavy atom. The van der Waals surface area contributed by atoms with Crippen molar-refractivity contribution in [2.45, 2.75) is 64.3 Å². The molecule has 212 valence electrons. The normalized spacial score (nSPS) is 17.9. The summed E-state index contributed by atoms with van der Waals surface area (Å²) in [6.07, 6.45) is 10.3. The smallest absolute Gasteiger partial charge is 0.254 e. The van der Waals surface area contributed by atoms with Gasteiger partial charge in [0.25, 0.3) is 11.8 Å². The lowest BCUT2D eigenvalue weighted by molar-refractivity contribution is -0.122. The van der Waals surface area contributed by atoms with Crippen LogP contribution < -0.4 is 9.64 Å². The monoisotopic (exact) mass is 535 g/mol. The van der Waals surface area contributed by atoms with Crippen LogP contribution in [-0.4, -0.2) is 74.7 Å². The van der Waals surface area contributed by atoms with Crippen LogP contribution in [0.5, 0.6) is 5.75 Å². The molecule has 0 aliphatic carbocycles. The summed E-state index contributed by atoms with van der Waals surface area (Å²) in [6.45, 7) is 5.78. The van der Waals surface area contributed by atoms with E-state index in [0.717, 1.165) is 75.2 Å². The molecule has 2 aliphatic rings. The zero-order valence-corrected chi connectivity index (χ0v) is 23.6. The number of amides is 2. The predicted octanol–water partition coefficient (Wildman–Crippen LogP) is 5.53. The van der Waals surface area contributed by atoms with Crippen LogP contribution in [0, 0.1) is 0 Å². The molecule has 39 heavy (non-hydrogen) atoms.